The van der Waals surface area contributed by atoms with Gasteiger partial charge in [0.25, 0.3) is 0 Å². The second-order valence-electron chi connectivity index (χ2n) is 1.84. The molecule has 5 nitrogen and oxygen atoms in total. The van der Waals surface area contributed by atoms with Crippen LogP contribution in [0.1, 0.15) is 6.92 Å². The van der Waals surface area contributed by atoms with Crippen molar-refractivity contribution in [2.24, 2.45) is 5.73 Å². The maximum absolute atomic E-state index is 5.32. The van der Waals surface area contributed by atoms with E-state index in [1.54, 1.807) is 6.92 Å². The van der Waals surface area contributed by atoms with Crippen LogP contribution in [-0.2, 0) is 0 Å². The van der Waals surface area contributed by atoms with E-state index in [9.17, 15) is 0 Å². The van der Waals surface area contributed by atoms with Crippen molar-refractivity contribution in [3.63, 3.8) is 0 Å². The molecule has 0 aliphatic heterocycles. The zero-order valence-corrected chi connectivity index (χ0v) is 8.99. The molecule has 1 heterocycles. The highest BCUT2D eigenvalue weighted by Gasteiger charge is 1.96. The van der Waals surface area contributed by atoms with Gasteiger partial charge in [-0.2, -0.15) is 15.0 Å². The quantitative estimate of drug-likeness (QED) is 0.658. The van der Waals surface area contributed by atoms with Gasteiger partial charge in [-0.1, -0.05) is 12.2 Å². The van der Waals surface area contributed by atoms with Crippen molar-refractivity contribution in [3.05, 3.63) is 10.6 Å². The molecule has 1 rings (SSSR count). The summed E-state index contributed by atoms with van der Waals surface area (Å²) in [5.41, 5.74) is 9.97. The van der Waals surface area contributed by atoms with Crippen LogP contribution in [0.15, 0.2) is 0 Å². The van der Waals surface area contributed by atoms with Gasteiger partial charge in [-0.3, -0.25) is 0 Å². The minimum Gasteiger partial charge on any atom is -0.394 e. The molecule has 8 heteroatoms. The van der Waals surface area contributed by atoms with Gasteiger partial charge in [-0.15, -0.1) is 0 Å². The van der Waals surface area contributed by atoms with Crippen LogP contribution in [0.25, 0.3) is 0 Å². The lowest BCUT2D eigenvalue weighted by atomic mass is 10.8. The topological polar surface area (TPSA) is 90.7 Å². The van der Waals surface area contributed by atoms with Crippen LogP contribution < -0.4 is 11.5 Å². The molecule has 0 saturated carbocycles. The molecule has 0 aliphatic carbocycles. The first-order valence-electron chi connectivity index (χ1n) is 3.00. The van der Waals surface area contributed by atoms with Gasteiger partial charge in [0.15, 0.2) is 0 Å². The molecule has 0 bridgehead atoms. The van der Waals surface area contributed by atoms with E-state index in [4.69, 9.17) is 34.7 Å². The third kappa shape index (κ3) is 7.63. The summed E-state index contributed by atoms with van der Waals surface area (Å²) in [6.07, 6.45) is 0. The minimum absolute atomic E-state index is 0.00694. The third-order valence-electron chi connectivity index (χ3n) is 0.598. The fourth-order valence-corrected chi connectivity index (χ4v) is 0.717. The summed E-state index contributed by atoms with van der Waals surface area (Å²) in [6, 6.07) is 0. The van der Waals surface area contributed by atoms with Crippen molar-refractivity contribution in [1.29, 1.82) is 0 Å². The van der Waals surface area contributed by atoms with Crippen LogP contribution in [0.4, 0.5) is 5.95 Å². The first-order valence-corrected chi connectivity index (χ1v) is 4.17. The number of hydrogen-bond acceptors (Lipinski definition) is 5. The molecule has 0 aromatic carbocycles. The predicted octanol–water partition coefficient (Wildman–Crippen LogP) is 1.05. The van der Waals surface area contributed by atoms with Crippen molar-refractivity contribution in [2.75, 3.05) is 5.73 Å². The molecule has 0 amide bonds. The summed E-state index contributed by atoms with van der Waals surface area (Å²) in [4.78, 5) is 10.9. The standard InChI is InChI=1S/C3H2Cl2N4.C2H5NS/c4-1-7-2(5)9-3(6)8-1;1-2(3)4/h(H2,6,7,8,9);1H3,(H2,3,4). The van der Waals surface area contributed by atoms with Crippen LogP contribution in [0, 0.1) is 0 Å². The predicted molar refractivity (Wildman–Crippen MR) is 56.7 cm³/mol. The largest absolute Gasteiger partial charge is 0.394 e. The Kier molecular flexibility index (Phi) is 5.52. The second-order valence-corrected chi connectivity index (χ2v) is 3.16. The number of hydrogen-bond donors (Lipinski definition) is 2. The van der Waals surface area contributed by atoms with Gasteiger partial charge in [0.2, 0.25) is 16.5 Å². The summed E-state index contributed by atoms with van der Waals surface area (Å²) in [7, 11) is 0. The van der Waals surface area contributed by atoms with Gasteiger partial charge in [0.1, 0.15) is 0 Å². The first-order chi connectivity index (χ1) is 5.91. The Labute approximate surface area is 90.5 Å². The molecule has 0 saturated heterocycles. The van der Waals surface area contributed by atoms with Gasteiger partial charge in [0, 0.05) is 0 Å². The Morgan fingerprint density at radius 2 is 1.54 bits per heavy atom. The molecule has 0 atom stereocenters. The number of nitrogens with zero attached hydrogens (tertiary/aromatic N) is 3. The van der Waals surface area contributed by atoms with E-state index >= 15 is 0 Å². The van der Waals surface area contributed by atoms with Gasteiger partial charge in [0.05, 0.1) is 4.99 Å². The lowest BCUT2D eigenvalue weighted by Gasteiger charge is -1.90. The first kappa shape index (κ1) is 12.3. The molecule has 0 spiro atoms. The molecule has 72 valence electrons. The average Bonchev–Trinajstić information content (AvgIpc) is 1.80. The normalized spacial score (nSPS) is 8.54. The van der Waals surface area contributed by atoms with Crippen LogP contribution in [-0.4, -0.2) is 19.9 Å². The van der Waals surface area contributed by atoms with Gasteiger partial charge >= 0.3 is 0 Å². The van der Waals surface area contributed by atoms with E-state index in [2.05, 4.69) is 27.2 Å². The second kappa shape index (κ2) is 5.85. The van der Waals surface area contributed by atoms with Crippen LogP contribution in [0.2, 0.25) is 10.6 Å². The van der Waals surface area contributed by atoms with Crippen molar-refractivity contribution in [2.45, 2.75) is 6.92 Å². The Bertz CT molecular complexity index is 250. The Morgan fingerprint density at radius 1 is 1.23 bits per heavy atom. The summed E-state index contributed by atoms with van der Waals surface area (Å²) in [5, 5.41) is 0.0139. The number of halogens is 2. The monoisotopic (exact) mass is 239 g/mol. The summed E-state index contributed by atoms with van der Waals surface area (Å²) >= 11 is 15.0. The average molecular weight is 240 g/mol. The Hall–Kier alpha value is -0.720. The lowest BCUT2D eigenvalue weighted by Crippen LogP contribution is -1.98. The van der Waals surface area contributed by atoms with Gasteiger partial charge in [-0.25, -0.2) is 0 Å². The highest BCUT2D eigenvalue weighted by molar-refractivity contribution is 7.80. The zero-order valence-electron chi connectivity index (χ0n) is 6.66. The molecule has 0 unspecified atom stereocenters. The molecule has 0 radical (unpaired) electrons. The summed E-state index contributed by atoms with van der Waals surface area (Å²) < 4.78 is 0. The summed E-state index contributed by atoms with van der Waals surface area (Å²) in [6.45, 7) is 1.68. The molecule has 13 heavy (non-hydrogen) atoms. The highest BCUT2D eigenvalue weighted by Crippen LogP contribution is 2.05. The van der Waals surface area contributed by atoms with E-state index in [-0.39, 0.29) is 16.5 Å². The van der Waals surface area contributed by atoms with Gasteiger partial charge < -0.3 is 11.5 Å². The van der Waals surface area contributed by atoms with Gasteiger partial charge in [-0.05, 0) is 30.1 Å². The van der Waals surface area contributed by atoms with E-state index in [0.717, 1.165) is 0 Å². The van der Waals surface area contributed by atoms with Crippen LogP contribution in [0.3, 0.4) is 0 Å². The van der Waals surface area contributed by atoms with Crippen molar-refractivity contribution < 1.29 is 0 Å². The maximum atomic E-state index is 5.32. The molecule has 4 N–H and O–H groups in total. The Balaban J connectivity index is 0.000000310. The van der Waals surface area contributed by atoms with E-state index in [1.807, 2.05) is 0 Å². The van der Waals surface area contributed by atoms with E-state index < -0.39 is 0 Å². The Morgan fingerprint density at radius 3 is 1.77 bits per heavy atom. The molecule has 1 aromatic heterocycles. The zero-order chi connectivity index (χ0) is 10.4. The number of anilines is 1. The third-order valence-corrected chi connectivity index (χ3v) is 0.936. The molecule has 0 aliphatic rings. The van der Waals surface area contributed by atoms with Crippen LogP contribution >= 0.6 is 35.4 Å². The number of aromatic nitrogens is 3. The minimum atomic E-state index is 0.00694. The van der Waals surface area contributed by atoms with Crippen molar-refractivity contribution in [1.82, 2.24) is 15.0 Å². The fraction of sp³-hybridized carbons (Fsp3) is 0.200. The van der Waals surface area contributed by atoms with Crippen LogP contribution in [0.5, 0.6) is 0 Å². The number of rotatable bonds is 0. The highest BCUT2D eigenvalue weighted by atomic mass is 35.5. The number of nitrogen functional groups attached to an aromatic ring is 1. The summed E-state index contributed by atoms with van der Waals surface area (Å²) in [5.74, 6) is 0.0278. The SMILES string of the molecule is CC(N)=S.Nc1nc(Cl)nc(Cl)n1. The van der Waals surface area contributed by atoms with Crippen molar-refractivity contribution >= 4 is 46.4 Å². The van der Waals surface area contributed by atoms with E-state index in [0.29, 0.717) is 4.99 Å². The molecular weight excluding hydrogens is 233 g/mol. The lowest BCUT2D eigenvalue weighted by molar-refractivity contribution is 1.06. The smallest absolute Gasteiger partial charge is 0.228 e. The number of nitrogens with two attached hydrogens (primary N) is 2. The molecule has 1 aromatic rings. The van der Waals surface area contributed by atoms with Crippen molar-refractivity contribution in [3.8, 4) is 0 Å². The molecule has 0 fully saturated rings. The van der Waals surface area contributed by atoms with E-state index in [1.165, 1.54) is 0 Å². The molecular formula is C5H7Cl2N5S. The fourth-order valence-electron chi connectivity index (χ4n) is 0.340. The number of thiocarbonyl (C=S) groups is 1. The maximum Gasteiger partial charge on any atom is 0.228 e.